The molecule has 0 aliphatic heterocycles. The highest BCUT2D eigenvalue weighted by Crippen LogP contribution is 2.16. The van der Waals surface area contributed by atoms with E-state index in [0.717, 1.165) is 25.5 Å². The Morgan fingerprint density at radius 3 is 1.63 bits per heavy atom. The van der Waals surface area contributed by atoms with Crippen LogP contribution in [0.1, 0.15) is 64.7 Å². The molecule has 0 rings (SSSR count). The molecule has 0 aromatic rings. The highest BCUT2D eigenvalue weighted by Gasteiger charge is 2.57. The summed E-state index contributed by atoms with van der Waals surface area (Å²) < 4.78 is 0. The minimum Gasteiger partial charge on any atom is -0.273 e. The van der Waals surface area contributed by atoms with Gasteiger partial charge in [0.1, 0.15) is 16.3 Å². The average Bonchev–Trinajstić information content (AvgIpc) is 2.64. The van der Waals surface area contributed by atoms with E-state index in [4.69, 9.17) is 0 Å². The Bertz CT molecular complexity index is 551. The Morgan fingerprint density at radius 1 is 0.778 bits per heavy atom. The summed E-state index contributed by atoms with van der Waals surface area (Å²) in [6.45, 7) is 2.19. The van der Waals surface area contributed by atoms with Crippen molar-refractivity contribution in [3.8, 4) is 0 Å². The van der Waals surface area contributed by atoms with E-state index in [-0.39, 0.29) is 6.42 Å². The van der Waals surface area contributed by atoms with Gasteiger partial charge in [0.25, 0.3) is 0 Å². The van der Waals surface area contributed by atoms with Gasteiger partial charge in [0, 0.05) is 0 Å². The molecule has 0 saturated heterocycles. The van der Waals surface area contributed by atoms with Gasteiger partial charge in [-0.05, 0) is 38.5 Å². The molecule has 27 heavy (non-hydrogen) atoms. The zero-order valence-corrected chi connectivity index (χ0v) is 15.9. The molecule has 0 amide bonds. The normalized spacial score (nSPS) is 12.6. The first-order valence-corrected chi connectivity index (χ1v) is 9.29. The van der Waals surface area contributed by atoms with Crippen molar-refractivity contribution in [3.05, 3.63) is 68.8 Å². The highest BCUT2D eigenvalue weighted by atomic mass is 16.7. The molecule has 0 heterocycles. The molecule has 0 aromatic heterocycles. The van der Waals surface area contributed by atoms with E-state index < -0.39 is 21.9 Å². The number of allylic oxidation sites excluding steroid dienone is 8. The van der Waals surface area contributed by atoms with Crippen molar-refractivity contribution in [1.29, 1.82) is 0 Å². The number of unbranched alkanes of at least 4 members (excludes halogenated alkanes) is 3. The van der Waals surface area contributed by atoms with Crippen LogP contribution < -0.4 is 0 Å². The fraction of sp³-hybridized carbons (Fsp3) is 0.550. The first-order chi connectivity index (χ1) is 13.0. The Balaban J connectivity index is 3.93. The van der Waals surface area contributed by atoms with E-state index in [1.165, 1.54) is 19.3 Å². The molecule has 7 heteroatoms. The standard InChI is InChI=1S/C20H29N2O5/c1-2-3-4-5-6-7-8-9-10-11-12-13-14-15-16-17-18-20(19-23,21(24)25)22(26)27/h6-7,9-10,12-13,15-16H,2-5,8,11,14,17-18H2,1H3/b7-6+,10-9+,13-12+,16-15+. The summed E-state index contributed by atoms with van der Waals surface area (Å²) in [7, 11) is 0. The fourth-order valence-corrected chi connectivity index (χ4v) is 2.22. The van der Waals surface area contributed by atoms with Crippen LogP contribution in [0.25, 0.3) is 0 Å². The molecule has 0 N–H and O–H groups in total. The monoisotopic (exact) mass is 377 g/mol. The van der Waals surface area contributed by atoms with Gasteiger partial charge in [-0.15, -0.1) is 0 Å². The molecule has 0 aliphatic rings. The zero-order chi connectivity index (χ0) is 20.4. The van der Waals surface area contributed by atoms with Crippen LogP contribution in [0.5, 0.6) is 0 Å². The largest absolute Gasteiger partial charge is 0.524 e. The Morgan fingerprint density at radius 2 is 1.22 bits per heavy atom. The van der Waals surface area contributed by atoms with Crippen molar-refractivity contribution in [2.24, 2.45) is 0 Å². The van der Waals surface area contributed by atoms with Crippen LogP contribution in [0.4, 0.5) is 0 Å². The summed E-state index contributed by atoms with van der Waals surface area (Å²) in [5.41, 5.74) is -2.87. The van der Waals surface area contributed by atoms with Gasteiger partial charge in [0.15, 0.2) is 0 Å². The number of nitrogens with zero attached hydrogens (tertiary/aromatic N) is 2. The smallest absolute Gasteiger partial charge is 0.273 e. The molecular formula is C20H29N2O5. The molecule has 0 fully saturated rings. The van der Waals surface area contributed by atoms with Gasteiger partial charge in [-0.2, -0.15) is 0 Å². The van der Waals surface area contributed by atoms with Gasteiger partial charge in [-0.1, -0.05) is 68.4 Å². The van der Waals surface area contributed by atoms with Gasteiger partial charge in [0.05, 0.1) is 0 Å². The van der Waals surface area contributed by atoms with Gasteiger partial charge >= 0.3 is 11.9 Å². The Kier molecular flexibility index (Phi) is 14.2. The van der Waals surface area contributed by atoms with E-state index in [1.807, 2.05) is 12.2 Å². The van der Waals surface area contributed by atoms with Crippen molar-refractivity contribution in [2.75, 3.05) is 0 Å². The van der Waals surface area contributed by atoms with Crippen LogP contribution in [0, 0.1) is 20.2 Å². The molecule has 0 saturated carbocycles. The van der Waals surface area contributed by atoms with Gasteiger partial charge in [-0.25, -0.2) is 0 Å². The molecule has 0 bridgehead atoms. The first-order valence-electron chi connectivity index (χ1n) is 9.29. The lowest BCUT2D eigenvalue weighted by atomic mass is 10.1. The highest BCUT2D eigenvalue weighted by molar-refractivity contribution is 5.60. The molecule has 0 aliphatic carbocycles. The maximum Gasteiger partial charge on any atom is 0.524 e. The number of rotatable bonds is 16. The molecule has 0 spiro atoms. The zero-order valence-electron chi connectivity index (χ0n) is 15.9. The third kappa shape index (κ3) is 10.9. The topological polar surface area (TPSA) is 103 Å². The van der Waals surface area contributed by atoms with E-state index in [2.05, 4.69) is 31.2 Å². The van der Waals surface area contributed by atoms with Gasteiger partial charge in [-0.3, -0.25) is 25.0 Å². The quantitative estimate of drug-likeness (QED) is 0.122. The minimum atomic E-state index is -2.87. The van der Waals surface area contributed by atoms with Crippen LogP contribution in [-0.4, -0.2) is 21.8 Å². The second-order valence-electron chi connectivity index (χ2n) is 6.06. The van der Waals surface area contributed by atoms with E-state index in [0.29, 0.717) is 6.42 Å². The number of hydrogen-bond donors (Lipinski definition) is 0. The fourth-order valence-electron chi connectivity index (χ4n) is 2.22. The van der Waals surface area contributed by atoms with Gasteiger partial charge in [0.2, 0.25) is 0 Å². The molecule has 149 valence electrons. The predicted octanol–water partition coefficient (Wildman–Crippen LogP) is 5.10. The summed E-state index contributed by atoms with van der Waals surface area (Å²) in [5.74, 6) is 0. The molecule has 0 unspecified atom stereocenters. The summed E-state index contributed by atoms with van der Waals surface area (Å²) in [5, 5.41) is 21.5. The van der Waals surface area contributed by atoms with Crippen LogP contribution >= 0.6 is 0 Å². The van der Waals surface area contributed by atoms with Crippen molar-refractivity contribution >= 4 is 6.29 Å². The molecule has 0 atom stereocenters. The third-order valence-corrected chi connectivity index (χ3v) is 3.88. The van der Waals surface area contributed by atoms with Crippen LogP contribution in [-0.2, 0) is 4.79 Å². The number of carbonyl (C=O) groups excluding carboxylic acids is 1. The predicted molar refractivity (Wildman–Crippen MR) is 106 cm³/mol. The molecule has 0 aromatic carbocycles. The third-order valence-electron chi connectivity index (χ3n) is 3.88. The second kappa shape index (κ2) is 15.7. The average molecular weight is 377 g/mol. The summed E-state index contributed by atoms with van der Waals surface area (Å²) in [6, 6.07) is 0. The Hall–Kier alpha value is -2.57. The summed E-state index contributed by atoms with van der Waals surface area (Å²) in [4.78, 5) is 29.7. The van der Waals surface area contributed by atoms with Gasteiger partial charge < -0.3 is 0 Å². The summed E-state index contributed by atoms with van der Waals surface area (Å²) >= 11 is 0. The van der Waals surface area contributed by atoms with Crippen molar-refractivity contribution < 1.29 is 14.6 Å². The minimum absolute atomic E-state index is 0.0650. The number of nitro groups is 2. The van der Waals surface area contributed by atoms with E-state index in [9.17, 15) is 25.0 Å². The van der Waals surface area contributed by atoms with Crippen molar-refractivity contribution in [2.45, 2.75) is 70.4 Å². The Labute approximate surface area is 160 Å². The maximum atomic E-state index is 10.7. The van der Waals surface area contributed by atoms with E-state index >= 15 is 0 Å². The van der Waals surface area contributed by atoms with Crippen molar-refractivity contribution in [3.63, 3.8) is 0 Å². The van der Waals surface area contributed by atoms with Crippen LogP contribution in [0.15, 0.2) is 48.6 Å². The van der Waals surface area contributed by atoms with Crippen LogP contribution in [0.3, 0.4) is 0 Å². The van der Waals surface area contributed by atoms with Crippen molar-refractivity contribution in [1.82, 2.24) is 0 Å². The lowest BCUT2D eigenvalue weighted by Crippen LogP contribution is -2.47. The van der Waals surface area contributed by atoms with Crippen LogP contribution in [0.2, 0.25) is 0 Å². The molecule has 7 nitrogen and oxygen atoms in total. The summed E-state index contributed by atoms with van der Waals surface area (Å²) in [6.07, 6.45) is 23.7. The van der Waals surface area contributed by atoms with E-state index in [1.54, 1.807) is 12.2 Å². The first kappa shape index (κ1) is 24.4. The lowest BCUT2D eigenvalue weighted by molar-refractivity contribution is -0.772. The molecular weight excluding hydrogens is 348 g/mol. The SMILES string of the molecule is CCCCC/C=C/C/C=C/C/C=C/C/C=C/CCC([C]=O)([N+](=O)[O-])[N+](=O)[O-]. The number of hydrogen-bond acceptors (Lipinski definition) is 5. The second-order valence-corrected chi connectivity index (χ2v) is 6.06. The maximum absolute atomic E-state index is 10.7. The molecule has 1 radical (unpaired) electrons. The lowest BCUT2D eigenvalue weighted by Gasteiger charge is -2.08.